The van der Waals surface area contributed by atoms with Crippen molar-refractivity contribution in [3.8, 4) is 17.5 Å². The normalized spacial score (nSPS) is 12.1. The van der Waals surface area contributed by atoms with Gasteiger partial charge in [0.25, 0.3) is 0 Å². The second-order valence-corrected chi connectivity index (χ2v) is 5.71. The zero-order chi connectivity index (χ0) is 13.1. The summed E-state index contributed by atoms with van der Waals surface area (Å²) in [6.07, 6.45) is 0. The molecule has 92 valence electrons. The summed E-state index contributed by atoms with van der Waals surface area (Å²) >= 11 is 4.72. The van der Waals surface area contributed by atoms with Crippen LogP contribution in [0.5, 0.6) is 0 Å². The first-order valence-corrected chi connectivity index (χ1v) is 6.82. The van der Waals surface area contributed by atoms with E-state index in [-0.39, 0.29) is 5.25 Å². The summed E-state index contributed by atoms with van der Waals surface area (Å²) in [6.45, 7) is 1.79. The van der Waals surface area contributed by atoms with Crippen LogP contribution in [-0.4, -0.2) is 20.1 Å². The molecule has 0 bridgehead atoms. The second kappa shape index (κ2) is 5.42. The third kappa shape index (κ3) is 2.49. The first-order chi connectivity index (χ1) is 8.63. The molecule has 1 heterocycles. The minimum Gasteiger partial charge on any atom is -0.335 e. The van der Waals surface area contributed by atoms with E-state index in [4.69, 9.17) is 11.1 Å². The zero-order valence-electron chi connectivity index (χ0n) is 9.54. The molecule has 1 aromatic carbocycles. The summed E-state index contributed by atoms with van der Waals surface area (Å²) in [5.41, 5.74) is 0.865. The number of nitrogens with zero attached hydrogens (tertiary/aromatic N) is 4. The van der Waals surface area contributed by atoms with Crippen molar-refractivity contribution >= 4 is 27.7 Å². The third-order valence-electron chi connectivity index (χ3n) is 2.24. The topological polar surface area (TPSA) is 80.5 Å². The number of hydrogen-bond donors (Lipinski definition) is 1. The van der Waals surface area contributed by atoms with Crippen molar-refractivity contribution in [3.63, 3.8) is 0 Å². The number of nitrogen functional groups attached to an aromatic ring is 1. The van der Waals surface area contributed by atoms with E-state index >= 15 is 0 Å². The highest BCUT2D eigenvalue weighted by Crippen LogP contribution is 2.28. The van der Waals surface area contributed by atoms with Crippen LogP contribution in [0, 0.1) is 11.3 Å². The standard InChI is InChI=1S/C11H10BrN5S/c1-7(6-13)18-11-16-15-10(17(11)14)8-4-2-3-5-9(8)12/h2-5,7H,14H2,1H3/t7-/m0/s1. The van der Waals surface area contributed by atoms with Gasteiger partial charge in [-0.25, -0.2) is 4.68 Å². The fraction of sp³-hybridized carbons (Fsp3) is 0.182. The summed E-state index contributed by atoms with van der Waals surface area (Å²) in [4.78, 5) is 0. The maximum absolute atomic E-state index is 8.78. The molecule has 0 aliphatic rings. The smallest absolute Gasteiger partial charge is 0.211 e. The van der Waals surface area contributed by atoms with Gasteiger partial charge >= 0.3 is 0 Å². The Kier molecular flexibility index (Phi) is 3.89. The van der Waals surface area contributed by atoms with Crippen molar-refractivity contribution in [2.24, 2.45) is 0 Å². The largest absolute Gasteiger partial charge is 0.335 e. The average Bonchev–Trinajstić information content (AvgIpc) is 2.72. The van der Waals surface area contributed by atoms with Gasteiger partial charge in [0.15, 0.2) is 5.82 Å². The van der Waals surface area contributed by atoms with E-state index < -0.39 is 0 Å². The lowest BCUT2D eigenvalue weighted by Gasteiger charge is -2.05. The molecule has 0 amide bonds. The van der Waals surface area contributed by atoms with Crippen LogP contribution in [0.15, 0.2) is 33.9 Å². The Morgan fingerprint density at radius 1 is 1.44 bits per heavy atom. The Hall–Kier alpha value is -1.52. The van der Waals surface area contributed by atoms with Crippen LogP contribution in [-0.2, 0) is 0 Å². The van der Waals surface area contributed by atoms with Crippen LogP contribution in [0.4, 0.5) is 0 Å². The van der Waals surface area contributed by atoms with Crippen LogP contribution in [0.3, 0.4) is 0 Å². The lowest BCUT2D eigenvalue weighted by molar-refractivity contribution is 0.847. The fourth-order valence-electron chi connectivity index (χ4n) is 1.37. The molecular weight excluding hydrogens is 314 g/mol. The molecule has 1 aromatic heterocycles. The lowest BCUT2D eigenvalue weighted by Crippen LogP contribution is -2.12. The van der Waals surface area contributed by atoms with E-state index in [1.165, 1.54) is 16.4 Å². The Balaban J connectivity index is 2.38. The molecule has 2 aromatic rings. The minimum absolute atomic E-state index is 0.219. The molecule has 1 atom stereocenters. The van der Waals surface area contributed by atoms with E-state index in [2.05, 4.69) is 32.2 Å². The summed E-state index contributed by atoms with van der Waals surface area (Å²) in [5, 5.41) is 17.1. The summed E-state index contributed by atoms with van der Waals surface area (Å²) in [7, 11) is 0. The quantitative estimate of drug-likeness (QED) is 0.693. The predicted octanol–water partition coefficient (Wildman–Crippen LogP) is 2.43. The van der Waals surface area contributed by atoms with Crippen molar-refractivity contribution in [1.82, 2.24) is 14.9 Å². The Bertz CT molecular complexity index is 604. The fourth-order valence-corrected chi connectivity index (χ4v) is 2.49. The first-order valence-electron chi connectivity index (χ1n) is 5.15. The van der Waals surface area contributed by atoms with E-state index in [9.17, 15) is 0 Å². The van der Waals surface area contributed by atoms with Gasteiger partial charge in [-0.15, -0.1) is 10.2 Å². The van der Waals surface area contributed by atoms with Gasteiger partial charge in [-0.1, -0.05) is 39.8 Å². The molecule has 2 rings (SSSR count). The molecule has 0 fully saturated rings. The highest BCUT2D eigenvalue weighted by atomic mass is 79.9. The minimum atomic E-state index is -0.219. The van der Waals surface area contributed by atoms with Gasteiger partial charge in [0.1, 0.15) is 0 Å². The Labute approximate surface area is 117 Å². The molecule has 0 saturated heterocycles. The van der Waals surface area contributed by atoms with Gasteiger partial charge in [-0.05, 0) is 19.1 Å². The monoisotopic (exact) mass is 323 g/mol. The molecule has 0 aliphatic heterocycles. The zero-order valence-corrected chi connectivity index (χ0v) is 11.9. The number of benzene rings is 1. The maximum atomic E-state index is 8.78. The number of nitriles is 1. The molecule has 0 aliphatic carbocycles. The molecule has 2 N–H and O–H groups in total. The van der Waals surface area contributed by atoms with Crippen molar-refractivity contribution in [1.29, 1.82) is 5.26 Å². The number of nitrogens with two attached hydrogens (primary N) is 1. The number of rotatable bonds is 3. The van der Waals surface area contributed by atoms with Gasteiger partial charge in [-0.2, -0.15) is 5.26 Å². The lowest BCUT2D eigenvalue weighted by atomic mass is 10.2. The third-order valence-corrected chi connectivity index (χ3v) is 3.88. The van der Waals surface area contributed by atoms with Crippen molar-refractivity contribution in [2.45, 2.75) is 17.3 Å². The van der Waals surface area contributed by atoms with E-state index in [0.717, 1.165) is 10.0 Å². The van der Waals surface area contributed by atoms with Crippen LogP contribution >= 0.6 is 27.7 Å². The number of aromatic nitrogens is 3. The molecule has 0 radical (unpaired) electrons. The van der Waals surface area contributed by atoms with E-state index in [1.54, 1.807) is 6.92 Å². The number of thioether (sulfide) groups is 1. The molecule has 0 spiro atoms. The number of halogens is 1. The first kappa shape index (κ1) is 12.9. The number of hydrogen-bond acceptors (Lipinski definition) is 5. The average molecular weight is 324 g/mol. The highest BCUT2D eigenvalue weighted by molar-refractivity contribution is 9.10. The van der Waals surface area contributed by atoms with Gasteiger partial charge in [0, 0.05) is 10.0 Å². The Morgan fingerprint density at radius 2 is 2.17 bits per heavy atom. The van der Waals surface area contributed by atoms with Crippen molar-refractivity contribution < 1.29 is 0 Å². The van der Waals surface area contributed by atoms with Gasteiger partial charge < -0.3 is 5.84 Å². The summed E-state index contributed by atoms with van der Waals surface area (Å²) in [6, 6.07) is 9.75. The molecular formula is C11H10BrN5S. The van der Waals surface area contributed by atoms with Crippen LogP contribution in [0.1, 0.15) is 6.92 Å². The molecule has 5 nitrogen and oxygen atoms in total. The van der Waals surface area contributed by atoms with Gasteiger partial charge in [0.05, 0.1) is 11.3 Å². The van der Waals surface area contributed by atoms with E-state index in [0.29, 0.717) is 11.0 Å². The van der Waals surface area contributed by atoms with Crippen LogP contribution < -0.4 is 5.84 Å². The maximum Gasteiger partial charge on any atom is 0.211 e. The molecule has 18 heavy (non-hydrogen) atoms. The molecule has 7 heteroatoms. The van der Waals surface area contributed by atoms with Gasteiger partial charge in [-0.3, -0.25) is 0 Å². The second-order valence-electron chi connectivity index (χ2n) is 3.55. The SMILES string of the molecule is C[C@@H](C#N)Sc1nnc(-c2ccccc2Br)n1N. The van der Waals surface area contributed by atoms with Crippen LogP contribution in [0.2, 0.25) is 0 Å². The van der Waals surface area contributed by atoms with Crippen LogP contribution in [0.25, 0.3) is 11.4 Å². The van der Waals surface area contributed by atoms with E-state index in [1.807, 2.05) is 24.3 Å². The highest BCUT2D eigenvalue weighted by Gasteiger charge is 2.16. The summed E-state index contributed by atoms with van der Waals surface area (Å²) in [5.74, 6) is 6.51. The Morgan fingerprint density at radius 3 is 2.83 bits per heavy atom. The van der Waals surface area contributed by atoms with Crippen molar-refractivity contribution in [2.75, 3.05) is 5.84 Å². The van der Waals surface area contributed by atoms with Crippen molar-refractivity contribution in [3.05, 3.63) is 28.7 Å². The van der Waals surface area contributed by atoms with Gasteiger partial charge in [0.2, 0.25) is 5.16 Å². The predicted molar refractivity (Wildman–Crippen MR) is 74.2 cm³/mol. The molecule has 0 unspecified atom stereocenters. The summed E-state index contributed by atoms with van der Waals surface area (Å²) < 4.78 is 2.30. The molecule has 0 saturated carbocycles.